The molecular weight excluding hydrogens is 493 g/mol. The smallest absolute Gasteiger partial charge is 0.263 e. The predicted octanol–water partition coefficient (Wildman–Crippen LogP) is 3.76. The lowest BCUT2D eigenvalue weighted by Crippen LogP contribution is -2.19. The summed E-state index contributed by atoms with van der Waals surface area (Å²) in [4.78, 5) is 32.7. The average Bonchev–Trinajstić information content (AvgIpc) is 3.38. The third-order valence-corrected chi connectivity index (χ3v) is 5.35. The fourth-order valence-corrected chi connectivity index (χ4v) is 3.75. The lowest BCUT2D eigenvalue weighted by atomic mass is 10.2. The summed E-state index contributed by atoms with van der Waals surface area (Å²) in [6.45, 7) is 1.75. The second-order valence-corrected chi connectivity index (χ2v) is 8.12. The molecule has 5 aromatic rings. The van der Waals surface area contributed by atoms with Crippen LogP contribution in [-0.4, -0.2) is 35.4 Å². The Bertz CT molecular complexity index is 1570. The Hall–Kier alpha value is -4.12. The number of benzene rings is 2. The highest BCUT2D eigenvalue weighted by Gasteiger charge is 2.17. The molecule has 9 nitrogen and oxygen atoms in total. The molecule has 33 heavy (non-hydrogen) atoms. The Morgan fingerprint density at radius 2 is 1.91 bits per heavy atom. The molecule has 1 amide bonds. The van der Waals surface area contributed by atoms with E-state index >= 15 is 0 Å². The van der Waals surface area contributed by atoms with Crippen molar-refractivity contribution in [1.82, 2.24) is 29.5 Å². The molecule has 3 aromatic heterocycles. The van der Waals surface area contributed by atoms with E-state index in [0.717, 1.165) is 4.47 Å². The van der Waals surface area contributed by atoms with E-state index in [0.29, 0.717) is 22.8 Å². The number of H-pyrrole nitrogens is 1. The van der Waals surface area contributed by atoms with Gasteiger partial charge in [0.1, 0.15) is 17.0 Å². The van der Waals surface area contributed by atoms with Gasteiger partial charge in [0.15, 0.2) is 5.65 Å². The number of aryl methyl sites for hydroxylation is 1. The van der Waals surface area contributed by atoms with Gasteiger partial charge in [-0.3, -0.25) is 14.6 Å². The molecule has 0 saturated heterocycles. The number of nitrogens with one attached hydrogen (secondary N) is 2. The minimum absolute atomic E-state index is 0.0917. The third kappa shape index (κ3) is 3.94. The Morgan fingerprint density at radius 1 is 1.12 bits per heavy atom. The number of carbonyl (C=O) groups excluding carboxylic acids is 1. The number of amides is 1. The average molecular weight is 508 g/mol. The maximum Gasteiger partial charge on any atom is 0.263 e. The first kappa shape index (κ1) is 20.8. The van der Waals surface area contributed by atoms with Crippen molar-refractivity contribution in [2.75, 3.05) is 5.32 Å². The molecular formula is C22H15BrFN7O2. The van der Waals surface area contributed by atoms with Crippen LogP contribution in [-0.2, 0) is 0 Å². The predicted molar refractivity (Wildman–Crippen MR) is 123 cm³/mol. The van der Waals surface area contributed by atoms with E-state index in [1.807, 2.05) is 6.07 Å². The number of hydrogen-bond acceptors (Lipinski definition) is 5. The van der Waals surface area contributed by atoms with Gasteiger partial charge in [-0.2, -0.15) is 19.9 Å². The zero-order valence-corrected chi connectivity index (χ0v) is 18.7. The van der Waals surface area contributed by atoms with E-state index in [-0.39, 0.29) is 28.7 Å². The van der Waals surface area contributed by atoms with Gasteiger partial charge in [-0.05, 0) is 49.4 Å². The van der Waals surface area contributed by atoms with Gasteiger partial charge in [0.05, 0.1) is 17.6 Å². The van der Waals surface area contributed by atoms with Crippen LogP contribution in [0.2, 0.25) is 0 Å². The van der Waals surface area contributed by atoms with Crippen molar-refractivity contribution >= 4 is 38.7 Å². The molecule has 0 aliphatic rings. The first-order chi connectivity index (χ1) is 15.9. The summed E-state index contributed by atoms with van der Waals surface area (Å²) in [5.41, 5.74) is 1.42. The molecule has 0 fully saturated rings. The highest BCUT2D eigenvalue weighted by atomic mass is 79.9. The van der Waals surface area contributed by atoms with Crippen molar-refractivity contribution in [3.8, 4) is 11.6 Å². The van der Waals surface area contributed by atoms with Crippen LogP contribution in [0.4, 0.5) is 10.2 Å². The fraction of sp³-hybridized carbons (Fsp3) is 0.0455. The van der Waals surface area contributed by atoms with Gasteiger partial charge in [0.25, 0.3) is 11.5 Å². The third-order valence-electron chi connectivity index (χ3n) is 4.86. The molecule has 164 valence electrons. The number of aromatic amines is 1. The number of nitrogens with zero attached hydrogens (tertiary/aromatic N) is 5. The van der Waals surface area contributed by atoms with Crippen LogP contribution in [0.15, 0.2) is 70.1 Å². The van der Waals surface area contributed by atoms with Crippen molar-refractivity contribution in [2.45, 2.75) is 6.92 Å². The van der Waals surface area contributed by atoms with E-state index in [2.05, 4.69) is 41.4 Å². The van der Waals surface area contributed by atoms with Gasteiger partial charge in [-0.15, -0.1) is 0 Å². The standard InChI is InChI=1S/C22H15BrFN7O2/c1-12-9-18(26-20(32)13-3-2-4-14(23)10-13)31(29-12)22-27-19-17(21(33)28-22)11-25-30(19)16-7-5-15(24)6-8-16/h2-11H,1H3,(H,26,32)(H,27,28,33). The molecule has 0 atom stereocenters. The van der Waals surface area contributed by atoms with Crippen molar-refractivity contribution in [1.29, 1.82) is 0 Å². The number of aromatic nitrogens is 6. The molecule has 0 aliphatic heterocycles. The minimum atomic E-state index is -0.430. The SMILES string of the molecule is Cc1cc(NC(=O)c2cccc(Br)c2)n(-c2nc3c(cnn3-c3ccc(F)cc3)c(=O)[nH]2)n1. The number of hydrogen-bond donors (Lipinski definition) is 2. The van der Waals surface area contributed by atoms with Gasteiger partial charge in [0, 0.05) is 16.1 Å². The Labute approximate surface area is 194 Å². The van der Waals surface area contributed by atoms with Crippen molar-refractivity contribution in [3.05, 3.63) is 92.7 Å². The molecule has 0 radical (unpaired) electrons. The number of rotatable bonds is 4. The number of anilines is 1. The Morgan fingerprint density at radius 3 is 2.67 bits per heavy atom. The van der Waals surface area contributed by atoms with E-state index in [9.17, 15) is 14.0 Å². The zero-order valence-electron chi connectivity index (χ0n) is 17.1. The maximum absolute atomic E-state index is 13.3. The first-order valence-corrected chi connectivity index (χ1v) is 10.6. The zero-order chi connectivity index (χ0) is 23.1. The molecule has 2 aromatic carbocycles. The molecule has 11 heteroatoms. The van der Waals surface area contributed by atoms with Gasteiger partial charge >= 0.3 is 0 Å². The monoisotopic (exact) mass is 507 g/mol. The van der Waals surface area contributed by atoms with E-state index < -0.39 is 5.56 Å². The molecule has 0 saturated carbocycles. The van der Waals surface area contributed by atoms with Gasteiger partial charge in [-0.1, -0.05) is 22.0 Å². The lowest BCUT2D eigenvalue weighted by molar-refractivity contribution is 0.102. The highest BCUT2D eigenvalue weighted by Crippen LogP contribution is 2.19. The van der Waals surface area contributed by atoms with Crippen LogP contribution >= 0.6 is 15.9 Å². The van der Waals surface area contributed by atoms with Crippen LogP contribution in [0, 0.1) is 12.7 Å². The van der Waals surface area contributed by atoms with Gasteiger partial charge in [0.2, 0.25) is 5.95 Å². The van der Waals surface area contributed by atoms with Gasteiger partial charge < -0.3 is 5.32 Å². The van der Waals surface area contributed by atoms with Crippen LogP contribution in [0.5, 0.6) is 0 Å². The van der Waals surface area contributed by atoms with E-state index in [1.165, 1.54) is 39.8 Å². The van der Waals surface area contributed by atoms with Crippen molar-refractivity contribution < 1.29 is 9.18 Å². The lowest BCUT2D eigenvalue weighted by Gasteiger charge is -2.09. The van der Waals surface area contributed by atoms with Crippen LogP contribution < -0.4 is 10.9 Å². The second-order valence-electron chi connectivity index (χ2n) is 7.21. The van der Waals surface area contributed by atoms with Crippen molar-refractivity contribution in [3.63, 3.8) is 0 Å². The van der Waals surface area contributed by atoms with Crippen molar-refractivity contribution in [2.24, 2.45) is 0 Å². The summed E-state index contributed by atoms with van der Waals surface area (Å²) in [6.07, 6.45) is 1.39. The molecule has 0 bridgehead atoms. The molecule has 0 aliphatic carbocycles. The minimum Gasteiger partial charge on any atom is -0.306 e. The topological polar surface area (TPSA) is 110 Å². The maximum atomic E-state index is 13.3. The van der Waals surface area contributed by atoms with Crippen LogP contribution in [0.25, 0.3) is 22.7 Å². The van der Waals surface area contributed by atoms with Crippen LogP contribution in [0.3, 0.4) is 0 Å². The molecule has 3 heterocycles. The number of fused-ring (bicyclic) bond motifs is 1. The quantitative estimate of drug-likeness (QED) is 0.384. The number of carbonyl (C=O) groups is 1. The largest absolute Gasteiger partial charge is 0.306 e. The molecule has 2 N–H and O–H groups in total. The molecule has 0 unspecified atom stereocenters. The molecule has 5 rings (SSSR count). The Balaban J connectivity index is 1.58. The van der Waals surface area contributed by atoms with E-state index in [1.54, 1.807) is 31.2 Å². The highest BCUT2D eigenvalue weighted by molar-refractivity contribution is 9.10. The Kier molecular flexibility index (Phi) is 5.09. The fourth-order valence-electron chi connectivity index (χ4n) is 3.35. The first-order valence-electron chi connectivity index (χ1n) is 9.77. The summed E-state index contributed by atoms with van der Waals surface area (Å²) < 4.78 is 16.9. The summed E-state index contributed by atoms with van der Waals surface area (Å²) in [6, 6.07) is 14.3. The van der Waals surface area contributed by atoms with Gasteiger partial charge in [-0.25, -0.2) is 9.07 Å². The number of halogens is 2. The summed E-state index contributed by atoms with van der Waals surface area (Å²) >= 11 is 3.35. The van der Waals surface area contributed by atoms with Crippen LogP contribution in [0.1, 0.15) is 16.1 Å². The molecule has 0 spiro atoms. The second kappa shape index (κ2) is 8.10. The summed E-state index contributed by atoms with van der Waals surface area (Å²) in [7, 11) is 0. The normalized spacial score (nSPS) is 11.1. The van der Waals surface area contributed by atoms with E-state index in [4.69, 9.17) is 0 Å². The summed E-state index contributed by atoms with van der Waals surface area (Å²) in [5, 5.41) is 11.7. The summed E-state index contributed by atoms with van der Waals surface area (Å²) in [5.74, 6) is -0.321.